The van der Waals surface area contributed by atoms with Gasteiger partial charge in [-0.1, -0.05) is 12.1 Å². The molecule has 1 heterocycles. The van der Waals surface area contributed by atoms with Crippen LogP contribution in [0.1, 0.15) is 11.6 Å². The van der Waals surface area contributed by atoms with Crippen molar-refractivity contribution in [1.29, 1.82) is 0 Å². The van der Waals surface area contributed by atoms with Crippen LogP contribution in [0.3, 0.4) is 0 Å². The molecule has 1 aliphatic rings. The topological polar surface area (TPSA) is 24.1 Å². The first kappa shape index (κ1) is 18.4. The smallest absolute Gasteiger partial charge is 0.123 e. The predicted molar refractivity (Wildman–Crippen MR) is 75.6 cm³/mol. The van der Waals surface area contributed by atoms with Crippen molar-refractivity contribution in [2.75, 3.05) is 19.6 Å². The Hall–Kier alpha value is 0.0800. The van der Waals surface area contributed by atoms with Crippen LogP contribution in [-0.2, 0) is 0 Å². The Balaban J connectivity index is 0. The van der Waals surface area contributed by atoms with Gasteiger partial charge in [0.05, 0.1) is 0 Å². The minimum atomic E-state index is -0.174. The molecule has 94 valence electrons. The molecule has 1 fully saturated rings. The highest BCUT2D eigenvalue weighted by atomic mass is 35.5. The Morgan fingerprint density at radius 3 is 2.19 bits per heavy atom. The summed E-state index contributed by atoms with van der Waals surface area (Å²) in [5.41, 5.74) is 1.15. The lowest BCUT2D eigenvalue weighted by Gasteiger charge is -2.24. The van der Waals surface area contributed by atoms with Crippen molar-refractivity contribution in [2.45, 2.75) is 6.04 Å². The van der Waals surface area contributed by atoms with Crippen LogP contribution in [0.25, 0.3) is 0 Å². The van der Waals surface area contributed by atoms with Crippen molar-refractivity contribution in [3.05, 3.63) is 35.6 Å². The van der Waals surface area contributed by atoms with Gasteiger partial charge in [0.25, 0.3) is 0 Å². The first-order valence-electron chi connectivity index (χ1n) is 4.56. The molecule has 0 radical (unpaired) electrons. The summed E-state index contributed by atoms with van der Waals surface area (Å²) in [6.45, 7) is 2.91. The van der Waals surface area contributed by atoms with Gasteiger partial charge in [-0.25, -0.2) is 4.39 Å². The molecular weight excluding hydrogens is 269 g/mol. The molecule has 6 heteroatoms. The van der Waals surface area contributed by atoms with E-state index in [0.29, 0.717) is 6.04 Å². The van der Waals surface area contributed by atoms with Crippen LogP contribution >= 0.6 is 34.7 Å². The van der Waals surface area contributed by atoms with Gasteiger partial charge in [-0.2, -0.15) is 9.90 Å². The summed E-state index contributed by atoms with van der Waals surface area (Å²) in [6, 6.07) is 7.01. The number of nitrogens with one attached hydrogen (secondary N) is 2. The van der Waals surface area contributed by atoms with Gasteiger partial charge < -0.3 is 10.6 Å². The van der Waals surface area contributed by atoms with Crippen molar-refractivity contribution < 1.29 is 4.39 Å². The lowest BCUT2D eigenvalue weighted by atomic mass is 10.1. The van der Waals surface area contributed by atoms with Gasteiger partial charge in [-0.3, -0.25) is 0 Å². The fraction of sp³-hybridized carbons (Fsp3) is 0.400. The fourth-order valence-corrected chi connectivity index (χ4v) is 1.58. The average molecular weight is 287 g/mol. The zero-order valence-corrected chi connectivity index (χ0v) is 12.0. The van der Waals surface area contributed by atoms with Crippen LogP contribution in [-0.4, -0.2) is 19.6 Å². The second kappa shape index (κ2) is 9.15. The first-order valence-corrected chi connectivity index (χ1v) is 4.56. The maximum atomic E-state index is 12.6. The van der Waals surface area contributed by atoms with E-state index in [1.807, 2.05) is 12.1 Å². The molecule has 0 bridgehead atoms. The molecule has 1 aliphatic heterocycles. The number of halogens is 3. The third-order valence-electron chi connectivity index (χ3n) is 2.31. The summed E-state index contributed by atoms with van der Waals surface area (Å²) >= 11 is 0. The largest absolute Gasteiger partial charge is 0.314 e. The molecule has 0 amide bonds. The van der Waals surface area contributed by atoms with E-state index < -0.39 is 0 Å². The molecule has 0 aliphatic carbocycles. The summed E-state index contributed by atoms with van der Waals surface area (Å²) in [4.78, 5) is 0. The second-order valence-corrected chi connectivity index (χ2v) is 3.26. The molecule has 2 N–H and O–H groups in total. The quantitative estimate of drug-likeness (QED) is 0.772. The zero-order valence-electron chi connectivity index (χ0n) is 8.91. The highest BCUT2D eigenvalue weighted by Crippen LogP contribution is 2.13. The Labute approximate surface area is 111 Å². The maximum Gasteiger partial charge on any atom is 0.123 e. The molecule has 2 nitrogen and oxygen atoms in total. The number of piperazine rings is 1. The molecule has 2 rings (SSSR count). The molecule has 1 aromatic carbocycles. The SMILES string of the molecule is Cl.Cl.Fc1ccc(C2CNCCN2)cc1.P. The number of rotatable bonds is 1. The van der Waals surface area contributed by atoms with Gasteiger partial charge in [0.2, 0.25) is 0 Å². The molecule has 2 atom stereocenters. The van der Waals surface area contributed by atoms with Gasteiger partial charge in [0.1, 0.15) is 5.82 Å². The van der Waals surface area contributed by atoms with Crippen molar-refractivity contribution in [1.82, 2.24) is 10.6 Å². The van der Waals surface area contributed by atoms with E-state index >= 15 is 0 Å². The molecule has 1 aromatic rings. The molecule has 1 saturated heterocycles. The number of benzene rings is 1. The van der Waals surface area contributed by atoms with E-state index in [2.05, 4.69) is 10.6 Å². The summed E-state index contributed by atoms with van der Waals surface area (Å²) < 4.78 is 12.6. The Bertz CT molecular complexity index is 279. The zero-order chi connectivity index (χ0) is 9.10. The van der Waals surface area contributed by atoms with Crippen LogP contribution in [0.4, 0.5) is 4.39 Å². The van der Waals surface area contributed by atoms with Gasteiger partial charge in [0.15, 0.2) is 0 Å². The summed E-state index contributed by atoms with van der Waals surface area (Å²) in [7, 11) is 0. The molecule has 0 aromatic heterocycles. The van der Waals surface area contributed by atoms with Crippen molar-refractivity contribution in [3.8, 4) is 0 Å². The maximum absolute atomic E-state index is 12.6. The Morgan fingerprint density at radius 2 is 1.69 bits per heavy atom. The Morgan fingerprint density at radius 1 is 1.06 bits per heavy atom. The number of hydrogen-bond acceptors (Lipinski definition) is 2. The van der Waals surface area contributed by atoms with E-state index in [0.717, 1.165) is 25.2 Å². The van der Waals surface area contributed by atoms with Gasteiger partial charge in [0, 0.05) is 25.7 Å². The predicted octanol–water partition coefficient (Wildman–Crippen LogP) is 1.96. The molecule has 16 heavy (non-hydrogen) atoms. The van der Waals surface area contributed by atoms with E-state index in [1.165, 1.54) is 12.1 Å². The van der Waals surface area contributed by atoms with Gasteiger partial charge >= 0.3 is 0 Å². The van der Waals surface area contributed by atoms with Crippen LogP contribution in [0.2, 0.25) is 0 Å². The van der Waals surface area contributed by atoms with Crippen LogP contribution in [0.15, 0.2) is 24.3 Å². The van der Waals surface area contributed by atoms with E-state index in [4.69, 9.17) is 0 Å². The van der Waals surface area contributed by atoms with Crippen LogP contribution in [0.5, 0.6) is 0 Å². The van der Waals surface area contributed by atoms with Crippen molar-refractivity contribution >= 4 is 34.7 Å². The van der Waals surface area contributed by atoms with Gasteiger partial charge in [-0.05, 0) is 17.7 Å². The molecule has 0 spiro atoms. The standard InChI is InChI=1S/C10H13FN2.2ClH.H3P/c11-9-3-1-8(2-4-9)10-7-12-5-6-13-10;;;/h1-4,10,12-13H,5-7H2;2*1H;1H3. The number of hydrogen-bond donors (Lipinski definition) is 2. The molecular formula is C10H18Cl2FN2P. The van der Waals surface area contributed by atoms with Gasteiger partial charge in [-0.15, -0.1) is 24.8 Å². The highest BCUT2D eigenvalue weighted by molar-refractivity contribution is 6.92. The van der Waals surface area contributed by atoms with E-state index in [9.17, 15) is 4.39 Å². The summed E-state index contributed by atoms with van der Waals surface area (Å²) in [6.07, 6.45) is 0. The second-order valence-electron chi connectivity index (χ2n) is 3.26. The minimum Gasteiger partial charge on any atom is -0.314 e. The first-order chi connectivity index (χ1) is 6.36. The molecule has 0 saturated carbocycles. The normalized spacial score (nSPS) is 18.7. The third-order valence-corrected chi connectivity index (χ3v) is 2.31. The lowest BCUT2D eigenvalue weighted by molar-refractivity contribution is 0.430. The van der Waals surface area contributed by atoms with Crippen LogP contribution in [0, 0.1) is 5.82 Å². The van der Waals surface area contributed by atoms with E-state index in [-0.39, 0.29) is 40.5 Å². The Kier molecular flexibility index (Phi) is 10.5. The lowest BCUT2D eigenvalue weighted by Crippen LogP contribution is -2.42. The van der Waals surface area contributed by atoms with Crippen molar-refractivity contribution in [3.63, 3.8) is 0 Å². The average Bonchev–Trinajstić information content (AvgIpc) is 2.20. The fourth-order valence-electron chi connectivity index (χ4n) is 1.58. The highest BCUT2D eigenvalue weighted by Gasteiger charge is 2.13. The molecule has 2 unspecified atom stereocenters. The third kappa shape index (κ3) is 4.94. The van der Waals surface area contributed by atoms with Crippen LogP contribution < -0.4 is 10.6 Å². The minimum absolute atomic E-state index is 0. The van der Waals surface area contributed by atoms with Crippen molar-refractivity contribution in [2.24, 2.45) is 0 Å². The monoisotopic (exact) mass is 286 g/mol. The summed E-state index contributed by atoms with van der Waals surface area (Å²) in [5, 5.41) is 6.66. The summed E-state index contributed by atoms with van der Waals surface area (Å²) in [5.74, 6) is -0.174. The van der Waals surface area contributed by atoms with E-state index in [1.54, 1.807) is 0 Å².